The Morgan fingerprint density at radius 2 is 1.68 bits per heavy atom. The molecular formula is C30H25ClN2O3S. The molecule has 2 heterocycles. The monoisotopic (exact) mass is 528 g/mol. The molecule has 37 heavy (non-hydrogen) atoms. The molecule has 0 saturated heterocycles. The van der Waals surface area contributed by atoms with Crippen molar-refractivity contribution in [3.05, 3.63) is 107 Å². The second-order valence-corrected chi connectivity index (χ2v) is 10.2. The normalized spacial score (nSPS) is 17.9. The topological polar surface area (TPSA) is 70.5 Å². The van der Waals surface area contributed by atoms with Crippen molar-refractivity contribution in [2.24, 2.45) is 5.92 Å². The van der Waals surface area contributed by atoms with Crippen LogP contribution in [0.1, 0.15) is 24.3 Å². The minimum atomic E-state index is -0.996. The quantitative estimate of drug-likeness (QED) is 0.266. The number of amides is 1. The smallest absolute Gasteiger partial charge is 0.304 e. The summed E-state index contributed by atoms with van der Waals surface area (Å²) < 4.78 is 0. The van der Waals surface area contributed by atoms with E-state index in [1.807, 2.05) is 90.3 Å². The molecule has 2 atom stereocenters. The van der Waals surface area contributed by atoms with E-state index in [0.717, 1.165) is 22.3 Å². The van der Waals surface area contributed by atoms with Crippen molar-refractivity contribution in [2.45, 2.75) is 18.8 Å². The third-order valence-corrected chi connectivity index (χ3v) is 7.82. The van der Waals surface area contributed by atoms with Gasteiger partial charge in [-0.1, -0.05) is 96.5 Å². The summed E-state index contributed by atoms with van der Waals surface area (Å²) in [5, 5.41) is 12.7. The number of aliphatic carboxylic acids is 1. The molecule has 1 amide bonds. The fourth-order valence-corrected chi connectivity index (χ4v) is 5.81. The number of thiazole rings is 1. The van der Waals surface area contributed by atoms with Gasteiger partial charge in [-0.05, 0) is 35.1 Å². The summed E-state index contributed by atoms with van der Waals surface area (Å²) in [5.74, 6) is -2.22. The van der Waals surface area contributed by atoms with Gasteiger partial charge in [-0.15, -0.1) is 11.3 Å². The Hall–Kier alpha value is -3.74. The Morgan fingerprint density at radius 3 is 2.41 bits per heavy atom. The zero-order valence-electron chi connectivity index (χ0n) is 20.0. The van der Waals surface area contributed by atoms with Crippen LogP contribution < -0.4 is 4.90 Å². The number of hydrogen-bond acceptors (Lipinski definition) is 4. The van der Waals surface area contributed by atoms with E-state index in [1.54, 1.807) is 11.0 Å². The Morgan fingerprint density at radius 1 is 0.973 bits per heavy atom. The van der Waals surface area contributed by atoms with Crippen molar-refractivity contribution in [3.8, 4) is 22.4 Å². The number of hydrogen-bond donors (Lipinski definition) is 1. The van der Waals surface area contributed by atoms with Crippen LogP contribution in [0.15, 0.2) is 96.4 Å². The van der Waals surface area contributed by atoms with Crippen LogP contribution in [0.25, 0.3) is 22.4 Å². The van der Waals surface area contributed by atoms with E-state index in [1.165, 1.54) is 11.3 Å². The molecule has 1 aliphatic heterocycles. The van der Waals surface area contributed by atoms with Crippen LogP contribution in [0.5, 0.6) is 0 Å². The lowest BCUT2D eigenvalue weighted by molar-refractivity contribution is -0.141. The number of rotatable bonds is 6. The highest BCUT2D eigenvalue weighted by molar-refractivity contribution is 7.14. The molecule has 4 aromatic rings. The summed E-state index contributed by atoms with van der Waals surface area (Å²) in [5.41, 5.74) is 4.60. The molecule has 186 valence electrons. The first-order valence-electron chi connectivity index (χ1n) is 12.0. The van der Waals surface area contributed by atoms with Crippen LogP contribution in [0.3, 0.4) is 0 Å². The molecule has 0 aliphatic carbocycles. The van der Waals surface area contributed by atoms with Gasteiger partial charge < -0.3 is 5.11 Å². The van der Waals surface area contributed by atoms with Crippen molar-refractivity contribution in [1.29, 1.82) is 0 Å². The van der Waals surface area contributed by atoms with E-state index in [4.69, 9.17) is 16.6 Å². The number of carbonyl (C=O) groups excluding carboxylic acids is 1. The predicted molar refractivity (Wildman–Crippen MR) is 149 cm³/mol. The molecule has 1 aliphatic rings. The molecule has 0 radical (unpaired) electrons. The third kappa shape index (κ3) is 5.50. The minimum Gasteiger partial charge on any atom is -0.481 e. The van der Waals surface area contributed by atoms with Gasteiger partial charge in [-0.3, -0.25) is 14.5 Å². The van der Waals surface area contributed by atoms with Crippen molar-refractivity contribution in [3.63, 3.8) is 0 Å². The van der Waals surface area contributed by atoms with E-state index in [2.05, 4.69) is 0 Å². The Labute approximate surface area is 224 Å². The highest BCUT2D eigenvalue weighted by atomic mass is 35.5. The Balaban J connectivity index is 1.46. The lowest BCUT2D eigenvalue weighted by Gasteiger charge is -2.31. The van der Waals surface area contributed by atoms with Crippen molar-refractivity contribution in [2.75, 3.05) is 11.4 Å². The zero-order valence-corrected chi connectivity index (χ0v) is 21.5. The van der Waals surface area contributed by atoms with E-state index in [9.17, 15) is 14.7 Å². The highest BCUT2D eigenvalue weighted by Crippen LogP contribution is 2.38. The molecule has 1 N–H and O–H groups in total. The van der Waals surface area contributed by atoms with Gasteiger partial charge in [0.2, 0.25) is 5.91 Å². The Bertz CT molecular complexity index is 1430. The maximum absolute atomic E-state index is 13.9. The van der Waals surface area contributed by atoms with Gasteiger partial charge >= 0.3 is 5.97 Å². The molecule has 0 unspecified atom stereocenters. The number of nitrogens with zero attached hydrogens (tertiary/aromatic N) is 2. The summed E-state index contributed by atoms with van der Waals surface area (Å²) in [7, 11) is 0. The molecule has 3 aromatic carbocycles. The minimum absolute atomic E-state index is 0.232. The van der Waals surface area contributed by atoms with Crippen molar-refractivity contribution < 1.29 is 14.7 Å². The van der Waals surface area contributed by atoms with Gasteiger partial charge in [0.25, 0.3) is 0 Å². The summed E-state index contributed by atoms with van der Waals surface area (Å²) in [6.45, 7) is 0.337. The second-order valence-electron chi connectivity index (χ2n) is 8.95. The van der Waals surface area contributed by atoms with Crippen LogP contribution in [-0.2, 0) is 9.59 Å². The summed E-state index contributed by atoms with van der Waals surface area (Å²) in [6.07, 6.45) is 4.32. The average Bonchev–Trinajstić information content (AvgIpc) is 3.39. The highest BCUT2D eigenvalue weighted by Gasteiger charge is 2.36. The number of anilines is 1. The zero-order chi connectivity index (χ0) is 25.8. The number of aromatic nitrogens is 1. The fraction of sp³-hybridized carbons (Fsp3) is 0.167. The maximum Gasteiger partial charge on any atom is 0.304 e. The predicted octanol–water partition coefficient (Wildman–Crippen LogP) is 7.30. The summed E-state index contributed by atoms with van der Waals surface area (Å²) in [4.78, 5) is 32.1. The van der Waals surface area contributed by atoms with Gasteiger partial charge in [0.05, 0.1) is 18.0 Å². The largest absolute Gasteiger partial charge is 0.481 e. The first kappa shape index (κ1) is 24.9. The SMILES string of the molecule is O=C(O)C[C@@H]1C(=O)N(c2nc(-c3ccccc3Cl)cs2)CC=CC[C@@H]1c1ccc(-c2ccccc2)cc1. The van der Waals surface area contributed by atoms with E-state index < -0.39 is 11.9 Å². The van der Waals surface area contributed by atoms with E-state index in [0.29, 0.717) is 28.8 Å². The summed E-state index contributed by atoms with van der Waals surface area (Å²) >= 11 is 7.71. The van der Waals surface area contributed by atoms with Crippen molar-refractivity contribution >= 4 is 39.9 Å². The van der Waals surface area contributed by atoms with Crippen LogP contribution in [0, 0.1) is 5.92 Å². The van der Waals surface area contributed by atoms with Crippen molar-refractivity contribution in [1.82, 2.24) is 4.98 Å². The molecule has 0 saturated carbocycles. The third-order valence-electron chi connectivity index (χ3n) is 6.63. The van der Waals surface area contributed by atoms with Gasteiger partial charge in [0.1, 0.15) is 0 Å². The molecule has 0 spiro atoms. The molecule has 5 rings (SSSR count). The number of carboxylic acid groups (broad SMARTS) is 1. The number of carbonyl (C=O) groups is 2. The van der Waals surface area contributed by atoms with E-state index >= 15 is 0 Å². The lowest BCUT2D eigenvalue weighted by Crippen LogP contribution is -2.40. The van der Waals surface area contributed by atoms with Gasteiger partial charge in [0, 0.05) is 22.5 Å². The second kappa shape index (κ2) is 11.1. The van der Waals surface area contributed by atoms with Gasteiger partial charge in [0.15, 0.2) is 5.13 Å². The van der Waals surface area contributed by atoms with Crippen LogP contribution in [0.2, 0.25) is 5.02 Å². The maximum atomic E-state index is 13.9. The van der Waals surface area contributed by atoms with Gasteiger partial charge in [-0.2, -0.15) is 0 Å². The first-order valence-corrected chi connectivity index (χ1v) is 13.3. The molecule has 7 heteroatoms. The summed E-state index contributed by atoms with van der Waals surface area (Å²) in [6, 6.07) is 25.6. The fourth-order valence-electron chi connectivity index (χ4n) is 4.74. The standard InChI is InChI=1S/C30H25ClN2O3S/c31-26-12-5-4-11-24(26)27-19-37-30(32-27)33-17-7-6-10-23(25(29(33)36)18-28(34)35)22-15-13-21(14-16-22)20-8-2-1-3-9-20/h1-9,11-16,19,23,25H,10,17-18H2,(H,34,35)/t23-,25+/m1/s1. The number of benzene rings is 3. The molecular weight excluding hydrogens is 504 g/mol. The van der Waals surface area contributed by atoms with Crippen LogP contribution >= 0.6 is 22.9 Å². The molecule has 1 aromatic heterocycles. The van der Waals surface area contributed by atoms with Crippen LogP contribution in [0.4, 0.5) is 5.13 Å². The molecule has 5 nitrogen and oxygen atoms in total. The Kier molecular flexibility index (Phi) is 7.49. The number of allylic oxidation sites excluding steroid dienone is 1. The van der Waals surface area contributed by atoms with Gasteiger partial charge in [-0.25, -0.2) is 4.98 Å². The van der Waals surface area contributed by atoms with Crippen LogP contribution in [-0.4, -0.2) is 28.5 Å². The average molecular weight is 529 g/mol. The molecule has 0 bridgehead atoms. The first-order chi connectivity index (χ1) is 18.0. The number of carboxylic acids is 1. The van der Waals surface area contributed by atoms with E-state index in [-0.39, 0.29) is 18.2 Å². The molecule has 0 fully saturated rings. The lowest BCUT2D eigenvalue weighted by atomic mass is 9.79. The number of halogens is 1.